The van der Waals surface area contributed by atoms with Gasteiger partial charge in [0.15, 0.2) is 0 Å². The summed E-state index contributed by atoms with van der Waals surface area (Å²) in [7, 11) is 0. The van der Waals surface area contributed by atoms with E-state index in [0.717, 1.165) is 11.1 Å². The Bertz CT molecular complexity index is 1060. The number of aryl methyl sites for hydroxylation is 2. The van der Waals surface area contributed by atoms with Crippen LogP contribution in [0.4, 0.5) is 37.1 Å². The van der Waals surface area contributed by atoms with Crippen molar-refractivity contribution >= 4 is 46.9 Å². The molecule has 0 aliphatic carbocycles. The molecule has 0 spiro atoms. The van der Waals surface area contributed by atoms with E-state index in [1.54, 1.807) is 50.2 Å². The molecule has 2 aromatic carbocycles. The number of ether oxygens (including phenoxy) is 3. The number of rotatable bonds is 8. The number of anilines is 4. The van der Waals surface area contributed by atoms with Crippen LogP contribution in [0.15, 0.2) is 36.4 Å². The second-order valence-corrected chi connectivity index (χ2v) is 7.11. The van der Waals surface area contributed by atoms with E-state index < -0.39 is 18.3 Å². The van der Waals surface area contributed by atoms with E-state index in [1.165, 1.54) is 6.92 Å². The summed E-state index contributed by atoms with van der Waals surface area (Å²) in [5, 5.41) is 10.3. The van der Waals surface area contributed by atoms with Gasteiger partial charge in [0.25, 0.3) is 0 Å². The smallest absolute Gasteiger partial charge is 0.411 e. The van der Waals surface area contributed by atoms with Crippen LogP contribution in [0.1, 0.15) is 25.0 Å². The molecule has 0 aromatic heterocycles. The molecule has 182 valence electrons. The van der Waals surface area contributed by atoms with Gasteiger partial charge >= 0.3 is 18.3 Å². The largest absolute Gasteiger partial charge is 0.450 e. The fourth-order valence-electron chi connectivity index (χ4n) is 2.71. The van der Waals surface area contributed by atoms with Crippen LogP contribution >= 0.6 is 0 Å². The predicted octanol–water partition coefficient (Wildman–Crippen LogP) is 4.63. The molecule has 2 aromatic rings. The van der Waals surface area contributed by atoms with E-state index in [4.69, 9.17) is 14.2 Å². The molecule has 4 amide bonds. The van der Waals surface area contributed by atoms with Crippen molar-refractivity contribution in [2.24, 2.45) is 0 Å². The van der Waals surface area contributed by atoms with Crippen LogP contribution in [-0.4, -0.2) is 44.0 Å². The van der Waals surface area contributed by atoms with Gasteiger partial charge in [-0.1, -0.05) is 12.1 Å². The first-order valence-corrected chi connectivity index (χ1v) is 10.5. The molecular weight excluding hydrogens is 444 g/mol. The predicted molar refractivity (Wildman–Crippen MR) is 127 cm³/mol. The van der Waals surface area contributed by atoms with Crippen molar-refractivity contribution in [1.29, 1.82) is 0 Å². The summed E-state index contributed by atoms with van der Waals surface area (Å²) in [6, 6.07) is 9.94. The number of carbonyl (C=O) groups excluding carboxylic acids is 4. The Hall–Kier alpha value is -4.28. The van der Waals surface area contributed by atoms with Crippen molar-refractivity contribution in [2.45, 2.75) is 27.7 Å². The third kappa shape index (κ3) is 8.69. The number of nitrogens with one attached hydrogen (secondary N) is 4. The molecule has 0 bridgehead atoms. The first-order chi connectivity index (χ1) is 16.2. The summed E-state index contributed by atoms with van der Waals surface area (Å²) < 4.78 is 14.8. The number of carbonyl (C=O) groups is 4. The van der Waals surface area contributed by atoms with Gasteiger partial charge < -0.3 is 19.5 Å². The third-order valence-electron chi connectivity index (χ3n) is 4.34. The maximum absolute atomic E-state index is 12.0. The molecule has 0 aliphatic rings. The van der Waals surface area contributed by atoms with Crippen LogP contribution in [-0.2, 0) is 19.0 Å². The van der Waals surface area contributed by atoms with Crippen molar-refractivity contribution in [3.05, 3.63) is 47.5 Å². The minimum atomic E-state index is -0.756. The molecule has 0 saturated heterocycles. The standard InChI is InChI=1S/C23H28N4O7/c1-5-32-23(31)27-20-13-18(9-7-15(20)3)26-22(30)34-11-10-33-21(29)25-17-8-6-14(2)19(12-17)24-16(4)28/h6-9,12-13H,5,10-11H2,1-4H3,(H,24,28)(H,25,29)(H,26,30)(H,27,31). The molecule has 4 N–H and O–H groups in total. The Balaban J connectivity index is 1.77. The molecule has 0 fully saturated rings. The molecule has 2 rings (SSSR count). The van der Waals surface area contributed by atoms with Crippen LogP contribution in [0.3, 0.4) is 0 Å². The number of hydrogen-bond donors (Lipinski definition) is 4. The summed E-state index contributed by atoms with van der Waals surface area (Å²) in [5.41, 5.74) is 3.51. The average molecular weight is 472 g/mol. The van der Waals surface area contributed by atoms with Gasteiger partial charge in [0, 0.05) is 29.7 Å². The molecule has 34 heavy (non-hydrogen) atoms. The highest BCUT2D eigenvalue weighted by molar-refractivity contribution is 5.92. The molecule has 11 heteroatoms. The topological polar surface area (TPSA) is 144 Å². The van der Waals surface area contributed by atoms with E-state index in [1.807, 2.05) is 6.92 Å². The minimum absolute atomic E-state index is 0.173. The lowest BCUT2D eigenvalue weighted by Gasteiger charge is -2.12. The van der Waals surface area contributed by atoms with Crippen molar-refractivity contribution in [1.82, 2.24) is 0 Å². The van der Waals surface area contributed by atoms with Crippen molar-refractivity contribution in [2.75, 3.05) is 41.1 Å². The van der Waals surface area contributed by atoms with E-state index >= 15 is 0 Å². The quantitative estimate of drug-likeness (QED) is 0.324. The maximum atomic E-state index is 12.0. The van der Waals surface area contributed by atoms with Crippen molar-refractivity contribution < 1.29 is 33.4 Å². The SMILES string of the molecule is CCOC(=O)Nc1cc(NC(=O)OCCOC(=O)Nc2ccc(C)c(NC(C)=O)c2)ccc1C. The van der Waals surface area contributed by atoms with Crippen molar-refractivity contribution in [3.8, 4) is 0 Å². The monoisotopic (exact) mass is 472 g/mol. The number of benzene rings is 2. The summed E-state index contributed by atoms with van der Waals surface area (Å²) in [6.07, 6.45) is -2.10. The minimum Gasteiger partial charge on any atom is -0.450 e. The van der Waals surface area contributed by atoms with Crippen LogP contribution in [0.5, 0.6) is 0 Å². The Morgan fingerprint density at radius 3 is 1.56 bits per heavy atom. The first kappa shape index (κ1) is 26.0. The highest BCUT2D eigenvalue weighted by Gasteiger charge is 2.10. The zero-order chi connectivity index (χ0) is 25.1. The molecule has 11 nitrogen and oxygen atoms in total. The Morgan fingerprint density at radius 2 is 1.12 bits per heavy atom. The molecule has 0 aliphatic heterocycles. The zero-order valence-corrected chi connectivity index (χ0v) is 19.4. The highest BCUT2D eigenvalue weighted by Crippen LogP contribution is 2.21. The van der Waals surface area contributed by atoms with E-state index in [0.29, 0.717) is 22.7 Å². The molecular formula is C23H28N4O7. The van der Waals surface area contributed by atoms with E-state index in [2.05, 4.69) is 21.3 Å². The molecule has 0 unspecified atom stereocenters. The molecule has 0 heterocycles. The van der Waals surface area contributed by atoms with Gasteiger partial charge in [0.05, 0.1) is 6.61 Å². The van der Waals surface area contributed by atoms with Crippen LogP contribution in [0, 0.1) is 13.8 Å². The van der Waals surface area contributed by atoms with Gasteiger partial charge in [0.1, 0.15) is 13.2 Å². The van der Waals surface area contributed by atoms with Crippen molar-refractivity contribution in [3.63, 3.8) is 0 Å². The van der Waals surface area contributed by atoms with E-state index in [-0.39, 0.29) is 25.7 Å². The van der Waals surface area contributed by atoms with Gasteiger partial charge in [-0.15, -0.1) is 0 Å². The fourth-order valence-corrected chi connectivity index (χ4v) is 2.71. The van der Waals surface area contributed by atoms with Gasteiger partial charge in [0.2, 0.25) is 5.91 Å². The molecule has 0 saturated carbocycles. The summed E-state index contributed by atoms with van der Waals surface area (Å²) in [6.45, 7) is 6.59. The van der Waals surface area contributed by atoms with Gasteiger partial charge in [-0.3, -0.25) is 20.7 Å². The average Bonchev–Trinajstić information content (AvgIpc) is 2.76. The lowest BCUT2D eigenvalue weighted by Crippen LogP contribution is -2.20. The first-order valence-electron chi connectivity index (χ1n) is 10.5. The summed E-state index contributed by atoms with van der Waals surface area (Å²) in [5.74, 6) is -0.227. The van der Waals surface area contributed by atoms with Crippen LogP contribution < -0.4 is 21.3 Å². The lowest BCUT2D eigenvalue weighted by molar-refractivity contribution is -0.114. The van der Waals surface area contributed by atoms with Gasteiger partial charge in [-0.25, -0.2) is 14.4 Å². The fraction of sp³-hybridized carbons (Fsp3) is 0.304. The normalized spacial score (nSPS) is 10.0. The van der Waals surface area contributed by atoms with Crippen LogP contribution in [0.2, 0.25) is 0 Å². The second kappa shape index (κ2) is 12.7. The Kier molecular flexibility index (Phi) is 9.69. The Morgan fingerprint density at radius 1 is 0.676 bits per heavy atom. The second-order valence-electron chi connectivity index (χ2n) is 7.11. The maximum Gasteiger partial charge on any atom is 0.411 e. The number of hydrogen-bond acceptors (Lipinski definition) is 7. The molecule has 0 radical (unpaired) electrons. The van der Waals surface area contributed by atoms with E-state index in [9.17, 15) is 19.2 Å². The Labute approximate surface area is 197 Å². The summed E-state index contributed by atoms with van der Waals surface area (Å²) >= 11 is 0. The lowest BCUT2D eigenvalue weighted by atomic mass is 10.2. The molecule has 0 atom stereocenters. The van der Waals surface area contributed by atoms with Gasteiger partial charge in [-0.2, -0.15) is 0 Å². The zero-order valence-electron chi connectivity index (χ0n) is 19.4. The third-order valence-corrected chi connectivity index (χ3v) is 4.34. The summed E-state index contributed by atoms with van der Waals surface area (Å²) in [4.78, 5) is 46.8. The van der Waals surface area contributed by atoms with Gasteiger partial charge in [-0.05, 0) is 56.2 Å². The van der Waals surface area contributed by atoms with Crippen LogP contribution in [0.25, 0.3) is 0 Å². The highest BCUT2D eigenvalue weighted by atomic mass is 16.6. The number of amides is 4.